The lowest BCUT2D eigenvalue weighted by molar-refractivity contribution is 0.336. The molecular weight excluding hydrogens is 991 g/mol. The molecule has 2 heterocycles. The maximum absolute atomic E-state index is 11.8. The molecule has 0 fully saturated rings. The summed E-state index contributed by atoms with van der Waals surface area (Å²) in [5, 5.41) is 28.6. The predicted molar refractivity (Wildman–Crippen MR) is 329 cm³/mol. The molecule has 21 rings (SSSR count). The van der Waals surface area contributed by atoms with Crippen molar-refractivity contribution in [3.8, 4) is 56.6 Å². The highest BCUT2D eigenvalue weighted by Gasteiger charge is 2.71. The molecule has 3 nitrogen and oxygen atoms in total. The van der Waals surface area contributed by atoms with Crippen LogP contribution < -0.4 is 0 Å². The molecule has 0 saturated carbocycles. The molecule has 13 aromatic rings. The fourth-order valence-electron chi connectivity index (χ4n) is 19.3. The second-order valence-electron chi connectivity index (χ2n) is 25.8. The minimum atomic E-state index is -0.359. The van der Waals surface area contributed by atoms with E-state index in [0.29, 0.717) is 0 Å². The van der Waals surface area contributed by atoms with E-state index in [-0.39, 0.29) is 39.9 Å². The van der Waals surface area contributed by atoms with Gasteiger partial charge in [-0.25, -0.2) is 0 Å². The molecule has 0 radical (unpaired) electrons. The third kappa shape index (κ3) is 4.54. The van der Waals surface area contributed by atoms with Crippen LogP contribution in [0, 0.1) is 22.7 Å². The van der Waals surface area contributed by atoms with Crippen molar-refractivity contribution < 1.29 is 0 Å². The Morgan fingerprint density at radius 1 is 0.341 bits per heavy atom. The highest BCUT2D eigenvalue weighted by molar-refractivity contribution is 6.33. The summed E-state index contributed by atoms with van der Waals surface area (Å²) < 4.78 is 2.57. The Morgan fingerprint density at radius 3 is 1.28 bits per heavy atom. The molecule has 2 aromatic heterocycles. The second-order valence-corrected chi connectivity index (χ2v) is 25.8. The summed E-state index contributed by atoms with van der Waals surface area (Å²) in [5.41, 5.74) is 34.8. The van der Waals surface area contributed by atoms with Crippen LogP contribution in [-0.4, -0.2) is 4.40 Å². The molecule has 8 aliphatic rings. The fourth-order valence-corrected chi connectivity index (χ4v) is 19.3. The Hall–Kier alpha value is -9.80. The molecule has 3 atom stereocenters. The van der Waals surface area contributed by atoms with Crippen molar-refractivity contribution in [3.63, 3.8) is 0 Å². The van der Waals surface area contributed by atoms with Crippen LogP contribution in [-0.2, 0) is 16.2 Å². The zero-order chi connectivity index (χ0) is 54.2. The number of nitrogens with zero attached hydrogens (tertiary/aromatic N) is 3. The van der Waals surface area contributed by atoms with E-state index in [9.17, 15) is 10.5 Å². The molecule has 3 heteroatoms. The lowest BCUT2D eigenvalue weighted by Crippen LogP contribution is -2.53. The average molecular weight is 1040 g/mol. The van der Waals surface area contributed by atoms with Gasteiger partial charge in [-0.15, -0.1) is 0 Å². The van der Waals surface area contributed by atoms with E-state index in [2.05, 4.69) is 244 Å². The maximum Gasteiger partial charge on any atom is 0.0995 e. The number of hydrogen-bond donors (Lipinski definition) is 0. The van der Waals surface area contributed by atoms with Gasteiger partial charge in [0.1, 0.15) is 0 Å². The number of hydrogen-bond acceptors (Lipinski definition) is 2. The summed E-state index contributed by atoms with van der Waals surface area (Å²) in [5.74, 6) is -0.00519. The van der Waals surface area contributed by atoms with E-state index in [0.717, 1.165) is 27.7 Å². The number of aromatic nitrogens is 1. The summed E-state index contributed by atoms with van der Waals surface area (Å²) in [6.45, 7) is 9.70. The minimum Gasteiger partial charge on any atom is -0.308 e. The largest absolute Gasteiger partial charge is 0.308 e. The maximum atomic E-state index is 11.8. The smallest absolute Gasteiger partial charge is 0.0995 e. The van der Waals surface area contributed by atoms with Crippen molar-refractivity contribution in [2.75, 3.05) is 0 Å². The Morgan fingerprint density at radius 2 is 0.744 bits per heavy atom. The van der Waals surface area contributed by atoms with Crippen LogP contribution in [0.1, 0.15) is 152 Å². The minimum absolute atomic E-state index is 0.0477. The lowest BCUT2D eigenvalue weighted by Gasteiger charge is -2.59. The Bertz CT molecular complexity index is 5310. The predicted octanol–water partition coefficient (Wildman–Crippen LogP) is 18.4. The van der Waals surface area contributed by atoms with Crippen molar-refractivity contribution in [1.82, 2.24) is 4.40 Å². The van der Waals surface area contributed by atoms with Gasteiger partial charge in [0.15, 0.2) is 0 Å². The first kappa shape index (κ1) is 44.0. The van der Waals surface area contributed by atoms with Crippen molar-refractivity contribution >= 4 is 38.1 Å². The molecule has 0 N–H and O–H groups in total. The molecule has 0 amide bonds. The zero-order valence-electron chi connectivity index (χ0n) is 45.7. The lowest BCUT2D eigenvalue weighted by atomic mass is 9.42. The molecule has 8 aliphatic carbocycles. The third-order valence-corrected chi connectivity index (χ3v) is 22.0. The Kier molecular flexibility index (Phi) is 7.62. The number of fused-ring (bicyclic) bond motifs is 20. The van der Waals surface area contributed by atoms with Crippen molar-refractivity contribution in [2.24, 2.45) is 0 Å². The van der Waals surface area contributed by atoms with Crippen LogP contribution in [0.3, 0.4) is 0 Å². The summed E-state index contributed by atoms with van der Waals surface area (Å²) in [4.78, 5) is 0. The van der Waals surface area contributed by atoms with E-state index in [1.807, 2.05) is 0 Å². The van der Waals surface area contributed by atoms with E-state index < -0.39 is 0 Å². The van der Waals surface area contributed by atoms with Crippen LogP contribution >= 0.6 is 0 Å². The normalized spacial score (nSPS) is 20.9. The molecule has 0 aliphatic heterocycles. The van der Waals surface area contributed by atoms with Crippen LogP contribution in [0.2, 0.25) is 0 Å². The van der Waals surface area contributed by atoms with E-state index >= 15 is 0 Å². The van der Waals surface area contributed by atoms with E-state index in [1.54, 1.807) is 0 Å². The highest BCUT2D eigenvalue weighted by atomic mass is 14.9. The van der Waals surface area contributed by atoms with Crippen LogP contribution in [0.15, 0.2) is 200 Å². The summed E-state index contributed by atoms with van der Waals surface area (Å²) in [6.07, 6.45) is 0. The second kappa shape index (κ2) is 14.2. The third-order valence-electron chi connectivity index (χ3n) is 22.0. The first-order valence-electron chi connectivity index (χ1n) is 29.3. The van der Waals surface area contributed by atoms with Gasteiger partial charge in [-0.1, -0.05) is 210 Å². The molecule has 2 bridgehead atoms. The van der Waals surface area contributed by atoms with Gasteiger partial charge in [0.2, 0.25) is 0 Å². The quantitative estimate of drug-likeness (QED) is 0.173. The molecule has 3 unspecified atom stereocenters. The molecule has 11 aromatic carbocycles. The molecular formula is C79H49N3. The van der Waals surface area contributed by atoms with Gasteiger partial charge in [-0.3, -0.25) is 0 Å². The number of rotatable bonds is 2. The SMILES string of the molecule is CC1(C)c2ccccc2-c2cccc(-c3cc(-c4cccc5c4C(C)(C)c4ccccc4-5)c4c5c6c(c(C#N)cc5n5c7cc(C#N)c8c(c7c3c45)C3c4ccccc4C8c4ccccc43)C3c4ccccc4C4c5ccccc5C643)c21. The first-order valence-corrected chi connectivity index (χ1v) is 29.3. The van der Waals surface area contributed by atoms with Gasteiger partial charge in [-0.05, 0) is 152 Å². The monoisotopic (exact) mass is 1040 g/mol. The topological polar surface area (TPSA) is 52.0 Å². The van der Waals surface area contributed by atoms with Gasteiger partial charge in [0, 0.05) is 61.5 Å². The van der Waals surface area contributed by atoms with Crippen LogP contribution in [0.25, 0.3) is 82.6 Å². The van der Waals surface area contributed by atoms with Gasteiger partial charge in [0.25, 0.3) is 0 Å². The van der Waals surface area contributed by atoms with Gasteiger partial charge in [0.05, 0.1) is 39.8 Å². The Balaban J connectivity index is 1.05. The average Bonchev–Trinajstić information content (AvgIpc) is 1.48. The number of nitriles is 2. The molecule has 1 spiro atoms. The molecule has 380 valence electrons. The number of benzene rings is 11. The van der Waals surface area contributed by atoms with E-state index in [4.69, 9.17) is 0 Å². The van der Waals surface area contributed by atoms with Crippen LogP contribution in [0.5, 0.6) is 0 Å². The first-order chi connectivity index (χ1) is 40.2. The zero-order valence-corrected chi connectivity index (χ0v) is 45.7. The van der Waals surface area contributed by atoms with Gasteiger partial charge >= 0.3 is 0 Å². The van der Waals surface area contributed by atoms with Crippen molar-refractivity contribution in [2.45, 2.75) is 67.6 Å². The summed E-state index contributed by atoms with van der Waals surface area (Å²) in [7, 11) is 0. The van der Waals surface area contributed by atoms with Crippen LogP contribution in [0.4, 0.5) is 0 Å². The highest BCUT2D eigenvalue weighted by Crippen LogP contribution is 2.79. The molecule has 0 saturated heterocycles. The van der Waals surface area contributed by atoms with Gasteiger partial charge in [-0.2, -0.15) is 10.5 Å². The van der Waals surface area contributed by atoms with Gasteiger partial charge < -0.3 is 4.40 Å². The van der Waals surface area contributed by atoms with Crippen molar-refractivity contribution in [1.29, 1.82) is 10.5 Å². The van der Waals surface area contributed by atoms with Crippen molar-refractivity contribution in [3.05, 3.63) is 300 Å². The summed E-state index contributed by atoms with van der Waals surface area (Å²) in [6, 6.07) is 81.5. The molecule has 82 heavy (non-hydrogen) atoms. The summed E-state index contributed by atoms with van der Waals surface area (Å²) >= 11 is 0. The fraction of sp³-hybridized carbons (Fsp3) is 0.139. The van der Waals surface area contributed by atoms with E-state index in [1.165, 1.54) is 155 Å². The Labute approximate surface area is 475 Å². The standard InChI is InChI=1S/C79H49N3/c1-77(2)57-32-14-11-19-42(57)48-28-17-30-52(71(48)77)55-37-56(53-31-18-29-49-43-20-12-15-33-58(43)78(3,4)72(49)53)67-69-61(36-41(39-81)63-74-51-26-10-9-25-50(51)73-54-27-13-16-34-59(54)79(73,74)75(63)69)82-60-35-40(38-80)62-64-44-21-5-7-23-46(44)65(47-24-8-6-22-45(47)64)70(62)68(60)66(55)76(67)82/h5-37,64-65,73-74H,1-4H3.